The molecule has 0 fully saturated rings. The Morgan fingerprint density at radius 1 is 0.773 bits per heavy atom. The van der Waals surface area contributed by atoms with Crippen molar-refractivity contribution in [2.24, 2.45) is 11.7 Å². The summed E-state index contributed by atoms with van der Waals surface area (Å²) in [6.07, 6.45) is 22.9. The van der Waals surface area contributed by atoms with Gasteiger partial charge in [-0.25, -0.2) is 0 Å². The molecule has 0 bridgehead atoms. The van der Waals surface area contributed by atoms with Crippen LogP contribution in [0.15, 0.2) is 12.2 Å². The zero-order valence-corrected chi connectivity index (χ0v) is 15.1. The number of hydrogen-bond donors (Lipinski definition) is 2. The quantitative estimate of drug-likeness (QED) is 0.272. The lowest BCUT2D eigenvalue weighted by Gasteiger charge is -2.12. The van der Waals surface area contributed by atoms with E-state index in [1.807, 2.05) is 0 Å². The number of allylic oxidation sites excluding steroid dienone is 2. The average molecular weight is 312 g/mol. The Morgan fingerprint density at radius 3 is 1.86 bits per heavy atom. The summed E-state index contributed by atoms with van der Waals surface area (Å²) >= 11 is 0. The van der Waals surface area contributed by atoms with Gasteiger partial charge in [-0.1, -0.05) is 70.4 Å². The van der Waals surface area contributed by atoms with Gasteiger partial charge >= 0.3 is 0 Å². The van der Waals surface area contributed by atoms with Crippen LogP contribution in [-0.2, 0) is 0 Å². The summed E-state index contributed by atoms with van der Waals surface area (Å²) in [7, 11) is 0. The van der Waals surface area contributed by atoms with Crippen LogP contribution in [0.4, 0.5) is 0 Å². The zero-order valence-electron chi connectivity index (χ0n) is 15.1. The highest BCUT2D eigenvalue weighted by atomic mass is 16.3. The molecule has 0 rings (SSSR count). The predicted octanol–water partition coefficient (Wildman–Crippen LogP) is 5.59. The maximum absolute atomic E-state index is 8.92. The lowest BCUT2D eigenvalue weighted by Crippen LogP contribution is -2.15. The molecule has 0 heterocycles. The van der Waals surface area contributed by atoms with Crippen LogP contribution in [0.2, 0.25) is 0 Å². The van der Waals surface area contributed by atoms with Crippen molar-refractivity contribution in [3.8, 4) is 0 Å². The molecular formula is C20H41NO. The Morgan fingerprint density at radius 2 is 1.32 bits per heavy atom. The molecule has 22 heavy (non-hydrogen) atoms. The molecule has 1 unspecified atom stereocenters. The summed E-state index contributed by atoms with van der Waals surface area (Å²) in [6.45, 7) is 3.28. The van der Waals surface area contributed by atoms with E-state index in [-0.39, 0.29) is 6.61 Å². The number of hydrogen-bond acceptors (Lipinski definition) is 2. The molecule has 0 aromatic carbocycles. The van der Waals surface area contributed by atoms with Crippen LogP contribution in [0, 0.1) is 5.92 Å². The van der Waals surface area contributed by atoms with Crippen LogP contribution in [-0.4, -0.2) is 18.3 Å². The first-order chi connectivity index (χ1) is 10.8. The number of aliphatic hydroxyl groups is 1. The van der Waals surface area contributed by atoms with Gasteiger partial charge in [0.1, 0.15) is 0 Å². The normalized spacial score (nSPS) is 13.0. The largest absolute Gasteiger partial charge is 0.396 e. The van der Waals surface area contributed by atoms with E-state index in [1.165, 1.54) is 83.5 Å². The van der Waals surface area contributed by atoms with E-state index in [2.05, 4.69) is 19.1 Å². The van der Waals surface area contributed by atoms with E-state index in [0.29, 0.717) is 5.92 Å². The molecule has 0 saturated carbocycles. The SMILES string of the molecule is CCCCCCCCC=CCCCCCCC(CN)CCO. The third-order valence-corrected chi connectivity index (χ3v) is 4.49. The van der Waals surface area contributed by atoms with Crippen molar-refractivity contribution >= 4 is 0 Å². The molecule has 1 atom stereocenters. The van der Waals surface area contributed by atoms with Gasteiger partial charge < -0.3 is 10.8 Å². The molecule has 0 saturated heterocycles. The van der Waals surface area contributed by atoms with Gasteiger partial charge in [0.05, 0.1) is 0 Å². The molecule has 0 aliphatic heterocycles. The van der Waals surface area contributed by atoms with Gasteiger partial charge in [-0.15, -0.1) is 0 Å². The minimum Gasteiger partial charge on any atom is -0.396 e. The zero-order chi connectivity index (χ0) is 16.3. The van der Waals surface area contributed by atoms with E-state index >= 15 is 0 Å². The van der Waals surface area contributed by atoms with Crippen molar-refractivity contribution < 1.29 is 5.11 Å². The molecule has 0 aromatic rings. The van der Waals surface area contributed by atoms with Crippen LogP contribution < -0.4 is 5.73 Å². The molecular weight excluding hydrogens is 270 g/mol. The first kappa shape index (κ1) is 21.7. The Kier molecular flexibility index (Phi) is 18.4. The molecule has 2 nitrogen and oxygen atoms in total. The van der Waals surface area contributed by atoms with Crippen LogP contribution in [0.3, 0.4) is 0 Å². The molecule has 0 aliphatic rings. The fraction of sp³-hybridized carbons (Fsp3) is 0.900. The molecule has 3 N–H and O–H groups in total. The maximum atomic E-state index is 8.92. The summed E-state index contributed by atoms with van der Waals surface area (Å²) in [5, 5.41) is 8.92. The molecule has 132 valence electrons. The number of nitrogens with two attached hydrogens (primary N) is 1. The van der Waals surface area contributed by atoms with Crippen molar-refractivity contribution in [2.75, 3.05) is 13.2 Å². The summed E-state index contributed by atoms with van der Waals surface area (Å²) < 4.78 is 0. The second kappa shape index (κ2) is 18.7. The average Bonchev–Trinajstić information content (AvgIpc) is 2.54. The van der Waals surface area contributed by atoms with Crippen molar-refractivity contribution in [2.45, 2.75) is 96.8 Å². The maximum Gasteiger partial charge on any atom is 0.0434 e. The standard InChI is InChI=1S/C20H41NO/c1-2-3-4-5-6-7-8-9-10-11-12-13-14-15-16-20(19-21)17-18-22/h9-10,20,22H,2-8,11-19,21H2,1H3. The summed E-state index contributed by atoms with van der Waals surface area (Å²) in [5.41, 5.74) is 5.69. The predicted molar refractivity (Wildman–Crippen MR) is 99.1 cm³/mol. The molecule has 0 spiro atoms. The monoisotopic (exact) mass is 311 g/mol. The Balaban J connectivity index is 3.20. The summed E-state index contributed by atoms with van der Waals surface area (Å²) in [4.78, 5) is 0. The fourth-order valence-electron chi connectivity index (χ4n) is 2.89. The minimum atomic E-state index is 0.283. The first-order valence-electron chi connectivity index (χ1n) is 9.81. The van der Waals surface area contributed by atoms with Crippen LogP contribution in [0.1, 0.15) is 96.8 Å². The van der Waals surface area contributed by atoms with E-state index in [0.717, 1.165) is 13.0 Å². The molecule has 0 aromatic heterocycles. The lowest BCUT2D eigenvalue weighted by atomic mass is 9.98. The molecule has 2 heteroatoms. The van der Waals surface area contributed by atoms with Crippen LogP contribution in [0.5, 0.6) is 0 Å². The second-order valence-corrected chi connectivity index (χ2v) is 6.63. The van der Waals surface area contributed by atoms with Gasteiger partial charge in [0.15, 0.2) is 0 Å². The third-order valence-electron chi connectivity index (χ3n) is 4.49. The summed E-state index contributed by atoms with van der Waals surface area (Å²) in [6, 6.07) is 0. The molecule has 0 radical (unpaired) electrons. The van der Waals surface area contributed by atoms with Crippen molar-refractivity contribution in [1.29, 1.82) is 0 Å². The Hall–Kier alpha value is -0.340. The highest BCUT2D eigenvalue weighted by molar-refractivity contribution is 4.81. The van der Waals surface area contributed by atoms with Crippen LogP contribution >= 0.6 is 0 Å². The fourth-order valence-corrected chi connectivity index (χ4v) is 2.89. The van der Waals surface area contributed by atoms with Gasteiger partial charge in [-0.05, 0) is 51.0 Å². The second-order valence-electron chi connectivity index (χ2n) is 6.63. The number of aliphatic hydroxyl groups excluding tert-OH is 1. The van der Waals surface area contributed by atoms with E-state index in [4.69, 9.17) is 10.8 Å². The van der Waals surface area contributed by atoms with Gasteiger partial charge in [-0.3, -0.25) is 0 Å². The van der Waals surface area contributed by atoms with E-state index < -0.39 is 0 Å². The van der Waals surface area contributed by atoms with E-state index in [1.54, 1.807) is 0 Å². The van der Waals surface area contributed by atoms with Gasteiger partial charge in [0.2, 0.25) is 0 Å². The van der Waals surface area contributed by atoms with Crippen LogP contribution in [0.25, 0.3) is 0 Å². The van der Waals surface area contributed by atoms with Crippen molar-refractivity contribution in [3.05, 3.63) is 12.2 Å². The number of unbranched alkanes of at least 4 members (excludes halogenated alkanes) is 10. The Labute approximate surface area is 139 Å². The van der Waals surface area contributed by atoms with Gasteiger partial charge in [0, 0.05) is 6.61 Å². The third kappa shape index (κ3) is 16.0. The van der Waals surface area contributed by atoms with Crippen molar-refractivity contribution in [3.63, 3.8) is 0 Å². The van der Waals surface area contributed by atoms with E-state index in [9.17, 15) is 0 Å². The lowest BCUT2D eigenvalue weighted by molar-refractivity contribution is 0.252. The van der Waals surface area contributed by atoms with Crippen molar-refractivity contribution in [1.82, 2.24) is 0 Å². The van der Waals surface area contributed by atoms with Gasteiger partial charge in [0.25, 0.3) is 0 Å². The topological polar surface area (TPSA) is 46.2 Å². The highest BCUT2D eigenvalue weighted by Gasteiger charge is 2.04. The minimum absolute atomic E-state index is 0.283. The molecule has 0 amide bonds. The molecule has 0 aliphatic carbocycles. The summed E-state index contributed by atoms with van der Waals surface area (Å²) in [5.74, 6) is 0.530. The highest BCUT2D eigenvalue weighted by Crippen LogP contribution is 2.14. The first-order valence-corrected chi connectivity index (χ1v) is 9.81. The number of rotatable bonds is 17. The Bertz CT molecular complexity index is 228. The van der Waals surface area contributed by atoms with Gasteiger partial charge in [-0.2, -0.15) is 0 Å². The smallest absolute Gasteiger partial charge is 0.0434 e.